The van der Waals surface area contributed by atoms with Gasteiger partial charge in [0.25, 0.3) is 5.88 Å². The summed E-state index contributed by atoms with van der Waals surface area (Å²) in [6.45, 7) is 8.37. The molecule has 0 spiro atoms. The van der Waals surface area contributed by atoms with E-state index in [4.69, 9.17) is 9.47 Å². The summed E-state index contributed by atoms with van der Waals surface area (Å²) in [4.78, 5) is 18.0. The molecule has 152 valence electrons. The third-order valence-corrected chi connectivity index (χ3v) is 4.92. The maximum atomic E-state index is 11.8. The number of amides is 1. The molecule has 3 rings (SSSR count). The van der Waals surface area contributed by atoms with Crippen LogP contribution < -0.4 is 15.0 Å². The smallest absolute Gasteiger partial charge is 0.407 e. The van der Waals surface area contributed by atoms with Gasteiger partial charge in [0.15, 0.2) is 0 Å². The molecule has 2 aromatic rings. The van der Waals surface area contributed by atoms with E-state index in [0.29, 0.717) is 24.9 Å². The van der Waals surface area contributed by atoms with Gasteiger partial charge >= 0.3 is 6.09 Å². The molecular formula is C19H27N5O3S. The number of nitrogens with one attached hydrogen (secondary N) is 1. The monoisotopic (exact) mass is 405 g/mol. The summed E-state index contributed by atoms with van der Waals surface area (Å²) >= 11 is 1.16. The van der Waals surface area contributed by atoms with Crippen LogP contribution >= 0.6 is 11.7 Å². The Bertz CT molecular complexity index is 754. The molecule has 3 heterocycles. The molecule has 28 heavy (non-hydrogen) atoms. The van der Waals surface area contributed by atoms with Gasteiger partial charge in [0.1, 0.15) is 12.2 Å². The molecule has 1 fully saturated rings. The fraction of sp³-hybridized carbons (Fsp3) is 0.579. The van der Waals surface area contributed by atoms with E-state index in [9.17, 15) is 4.79 Å². The lowest BCUT2D eigenvalue weighted by atomic mass is 9.97. The highest BCUT2D eigenvalue weighted by Gasteiger charge is 2.25. The average molecular weight is 406 g/mol. The number of hydrogen-bond donors (Lipinski definition) is 1. The summed E-state index contributed by atoms with van der Waals surface area (Å²) < 4.78 is 19.9. The number of ether oxygens (including phenoxy) is 2. The molecule has 9 heteroatoms. The topological polar surface area (TPSA) is 89.5 Å². The van der Waals surface area contributed by atoms with Crippen molar-refractivity contribution in [1.82, 2.24) is 19.0 Å². The summed E-state index contributed by atoms with van der Waals surface area (Å²) in [5.74, 6) is 1.81. The number of alkyl carbamates (subject to hydrolysis) is 1. The lowest BCUT2D eigenvalue weighted by molar-refractivity contribution is 0.0517. The Hall–Kier alpha value is -2.42. The SMILES string of the molecule is CC(C)(C)OC(=O)NCC1CCN(c2nsnc2OCc2ccncc2)CC1. The fourth-order valence-electron chi connectivity index (χ4n) is 2.98. The summed E-state index contributed by atoms with van der Waals surface area (Å²) in [5, 5.41) is 2.87. The van der Waals surface area contributed by atoms with Crippen LogP contribution in [0.25, 0.3) is 0 Å². The molecule has 1 aliphatic heterocycles. The number of aromatic nitrogens is 3. The van der Waals surface area contributed by atoms with E-state index in [1.54, 1.807) is 12.4 Å². The summed E-state index contributed by atoms with van der Waals surface area (Å²) in [6, 6.07) is 3.84. The van der Waals surface area contributed by atoms with Crippen molar-refractivity contribution in [3.8, 4) is 5.88 Å². The molecule has 0 radical (unpaired) electrons. The second-order valence-electron chi connectivity index (χ2n) is 7.85. The number of carbonyl (C=O) groups is 1. The van der Waals surface area contributed by atoms with Crippen molar-refractivity contribution in [3.05, 3.63) is 30.1 Å². The first-order valence-electron chi connectivity index (χ1n) is 9.47. The number of anilines is 1. The Kier molecular flexibility index (Phi) is 6.66. The van der Waals surface area contributed by atoms with Crippen LogP contribution in [0.1, 0.15) is 39.2 Å². The van der Waals surface area contributed by atoms with Crippen LogP contribution in [0.3, 0.4) is 0 Å². The number of carbonyl (C=O) groups excluding carboxylic acids is 1. The predicted octanol–water partition coefficient (Wildman–Crippen LogP) is 3.25. The molecule has 1 N–H and O–H groups in total. The molecule has 0 unspecified atom stereocenters. The first-order chi connectivity index (χ1) is 13.4. The van der Waals surface area contributed by atoms with Gasteiger partial charge in [-0.15, -0.1) is 4.37 Å². The maximum Gasteiger partial charge on any atom is 0.407 e. The predicted molar refractivity (Wildman–Crippen MR) is 108 cm³/mol. The van der Waals surface area contributed by atoms with E-state index in [1.807, 2.05) is 32.9 Å². The van der Waals surface area contributed by atoms with Crippen molar-refractivity contribution in [1.29, 1.82) is 0 Å². The van der Waals surface area contributed by atoms with E-state index >= 15 is 0 Å². The van der Waals surface area contributed by atoms with Crippen LogP contribution in [-0.4, -0.2) is 45.1 Å². The summed E-state index contributed by atoms with van der Waals surface area (Å²) in [5.41, 5.74) is 0.568. The highest BCUT2D eigenvalue weighted by molar-refractivity contribution is 6.99. The van der Waals surface area contributed by atoms with Crippen LogP contribution in [-0.2, 0) is 11.3 Å². The molecule has 0 atom stereocenters. The van der Waals surface area contributed by atoms with Gasteiger partial charge in [-0.25, -0.2) is 4.79 Å². The van der Waals surface area contributed by atoms with Gasteiger partial charge in [0, 0.05) is 32.0 Å². The maximum absolute atomic E-state index is 11.8. The van der Waals surface area contributed by atoms with Crippen LogP contribution in [0.2, 0.25) is 0 Å². The molecule has 2 aromatic heterocycles. The highest BCUT2D eigenvalue weighted by atomic mass is 32.1. The van der Waals surface area contributed by atoms with Crippen LogP contribution in [0, 0.1) is 5.92 Å². The van der Waals surface area contributed by atoms with Gasteiger partial charge in [-0.1, -0.05) is 0 Å². The van der Waals surface area contributed by atoms with E-state index in [1.165, 1.54) is 0 Å². The van der Waals surface area contributed by atoms with Gasteiger partial charge < -0.3 is 19.7 Å². The summed E-state index contributed by atoms with van der Waals surface area (Å²) in [7, 11) is 0. The lowest BCUT2D eigenvalue weighted by Gasteiger charge is -2.32. The first-order valence-corrected chi connectivity index (χ1v) is 10.2. The largest absolute Gasteiger partial charge is 0.470 e. The van der Waals surface area contributed by atoms with Crippen molar-refractivity contribution >= 4 is 23.6 Å². The molecule has 1 saturated heterocycles. The van der Waals surface area contributed by atoms with Gasteiger partial charge in [-0.05, 0) is 57.2 Å². The Morgan fingerprint density at radius 3 is 2.64 bits per heavy atom. The zero-order valence-corrected chi connectivity index (χ0v) is 17.4. The van der Waals surface area contributed by atoms with Gasteiger partial charge in [0.2, 0.25) is 5.82 Å². The second-order valence-corrected chi connectivity index (χ2v) is 8.38. The minimum Gasteiger partial charge on any atom is -0.470 e. The molecule has 0 aliphatic carbocycles. The van der Waals surface area contributed by atoms with Gasteiger partial charge in [0.05, 0.1) is 11.7 Å². The zero-order valence-electron chi connectivity index (χ0n) is 16.6. The number of nitrogens with zero attached hydrogens (tertiary/aromatic N) is 4. The average Bonchev–Trinajstić information content (AvgIpc) is 3.13. The third-order valence-electron chi connectivity index (χ3n) is 4.42. The number of hydrogen-bond acceptors (Lipinski definition) is 8. The van der Waals surface area contributed by atoms with E-state index in [-0.39, 0.29) is 6.09 Å². The normalized spacial score (nSPS) is 15.3. The first kappa shape index (κ1) is 20.3. The zero-order chi connectivity index (χ0) is 20.0. The van der Waals surface area contributed by atoms with Crippen LogP contribution in [0.5, 0.6) is 5.88 Å². The number of piperidine rings is 1. The van der Waals surface area contributed by atoms with Crippen molar-refractivity contribution < 1.29 is 14.3 Å². The minimum atomic E-state index is -0.474. The van der Waals surface area contributed by atoms with Crippen molar-refractivity contribution in [2.45, 2.75) is 45.8 Å². The Morgan fingerprint density at radius 2 is 1.96 bits per heavy atom. The molecule has 8 nitrogen and oxygen atoms in total. The molecule has 1 amide bonds. The van der Waals surface area contributed by atoms with E-state index in [0.717, 1.165) is 49.0 Å². The van der Waals surface area contributed by atoms with Crippen LogP contribution in [0.4, 0.5) is 10.6 Å². The quantitative estimate of drug-likeness (QED) is 0.789. The molecule has 0 bridgehead atoms. The Morgan fingerprint density at radius 1 is 1.25 bits per heavy atom. The van der Waals surface area contributed by atoms with Crippen molar-refractivity contribution in [3.63, 3.8) is 0 Å². The highest BCUT2D eigenvalue weighted by Crippen LogP contribution is 2.30. The summed E-state index contributed by atoms with van der Waals surface area (Å²) in [6.07, 6.45) is 5.07. The van der Waals surface area contributed by atoms with Crippen molar-refractivity contribution in [2.24, 2.45) is 5.92 Å². The lowest BCUT2D eigenvalue weighted by Crippen LogP contribution is -2.40. The van der Waals surface area contributed by atoms with Gasteiger partial charge in [-0.3, -0.25) is 4.98 Å². The van der Waals surface area contributed by atoms with Crippen LogP contribution in [0.15, 0.2) is 24.5 Å². The molecule has 1 aliphatic rings. The van der Waals surface area contributed by atoms with E-state index in [2.05, 4.69) is 23.9 Å². The minimum absolute atomic E-state index is 0.356. The van der Waals surface area contributed by atoms with Crippen molar-refractivity contribution in [2.75, 3.05) is 24.5 Å². The number of rotatable bonds is 6. The van der Waals surface area contributed by atoms with Gasteiger partial charge in [-0.2, -0.15) is 4.37 Å². The Balaban J connectivity index is 1.45. The fourth-order valence-corrected chi connectivity index (χ4v) is 3.50. The van der Waals surface area contributed by atoms with E-state index < -0.39 is 5.60 Å². The standard InChI is InChI=1S/C19H27N5O3S/c1-19(2,3)27-18(25)21-12-14-6-10-24(11-7-14)16-17(23-28-22-16)26-13-15-4-8-20-9-5-15/h4-5,8-9,14H,6-7,10-13H2,1-3H3,(H,21,25). The molecule has 0 saturated carbocycles. The molecular weight excluding hydrogens is 378 g/mol. The molecule has 0 aromatic carbocycles. The number of pyridine rings is 1. The second kappa shape index (κ2) is 9.18. The Labute approximate surface area is 169 Å². The third kappa shape index (κ3) is 6.05.